The lowest BCUT2D eigenvalue weighted by Crippen LogP contribution is -1.95. The van der Waals surface area contributed by atoms with E-state index in [4.69, 9.17) is 10.1 Å². The van der Waals surface area contributed by atoms with E-state index in [2.05, 4.69) is 36.8 Å². The number of carboxylic acid groups (broad SMARTS) is 1. The lowest BCUT2D eigenvalue weighted by atomic mass is 10.1. The zero-order valence-electron chi connectivity index (χ0n) is 14.5. The third-order valence-electron chi connectivity index (χ3n) is 4.36. The molecule has 2 N–H and O–H groups in total. The van der Waals surface area contributed by atoms with Crippen molar-refractivity contribution in [2.75, 3.05) is 0 Å². The highest BCUT2D eigenvalue weighted by Gasteiger charge is 2.16. The Kier molecular flexibility index (Phi) is 5.15. The fourth-order valence-corrected chi connectivity index (χ4v) is 3.45. The summed E-state index contributed by atoms with van der Waals surface area (Å²) in [7, 11) is 0. The van der Waals surface area contributed by atoms with E-state index in [1.807, 2.05) is 48.5 Å². The van der Waals surface area contributed by atoms with Crippen molar-refractivity contribution >= 4 is 37.8 Å². The first-order valence-electron chi connectivity index (χ1n) is 8.47. The standard InChI is InChI=1S/C22H14Br2N2O2/c23-17-9-5-13(6-10-17)19-20(14-7-11-18(24)12-8-14)26-21(25-19)15-1-3-16(4-2-15)22(27)28/h1-12H,(H,25,26)(H,27,28). The number of nitrogens with zero attached hydrogens (tertiary/aromatic N) is 1. The Labute approximate surface area is 178 Å². The topological polar surface area (TPSA) is 66.0 Å². The van der Waals surface area contributed by atoms with Gasteiger partial charge in [0.25, 0.3) is 0 Å². The number of nitrogens with one attached hydrogen (secondary N) is 1. The number of benzene rings is 3. The van der Waals surface area contributed by atoms with Gasteiger partial charge in [-0.2, -0.15) is 0 Å². The molecular weight excluding hydrogens is 484 g/mol. The summed E-state index contributed by atoms with van der Waals surface area (Å²) in [4.78, 5) is 19.3. The van der Waals surface area contributed by atoms with Crippen molar-refractivity contribution in [2.45, 2.75) is 0 Å². The van der Waals surface area contributed by atoms with Crippen LogP contribution in [0, 0.1) is 0 Å². The number of carbonyl (C=O) groups is 1. The van der Waals surface area contributed by atoms with Crippen LogP contribution in [-0.2, 0) is 0 Å². The van der Waals surface area contributed by atoms with Gasteiger partial charge in [0.2, 0.25) is 0 Å². The number of hydrogen-bond donors (Lipinski definition) is 2. The summed E-state index contributed by atoms with van der Waals surface area (Å²) in [6.45, 7) is 0. The van der Waals surface area contributed by atoms with Gasteiger partial charge in [0, 0.05) is 25.6 Å². The van der Waals surface area contributed by atoms with Crippen molar-refractivity contribution in [3.8, 4) is 33.9 Å². The Balaban J connectivity index is 1.84. The molecule has 0 spiro atoms. The molecule has 0 atom stereocenters. The van der Waals surface area contributed by atoms with E-state index in [0.717, 1.165) is 37.0 Å². The van der Waals surface area contributed by atoms with Crippen LogP contribution in [0.3, 0.4) is 0 Å². The van der Waals surface area contributed by atoms with Gasteiger partial charge < -0.3 is 10.1 Å². The van der Waals surface area contributed by atoms with E-state index in [-0.39, 0.29) is 5.56 Å². The second-order valence-corrected chi connectivity index (χ2v) is 8.04. The summed E-state index contributed by atoms with van der Waals surface area (Å²) < 4.78 is 2.01. The molecule has 0 saturated carbocycles. The number of aromatic nitrogens is 2. The maximum atomic E-state index is 11.1. The number of H-pyrrole nitrogens is 1. The molecule has 1 heterocycles. The summed E-state index contributed by atoms with van der Waals surface area (Å²) in [5, 5.41) is 9.11. The van der Waals surface area contributed by atoms with Crippen molar-refractivity contribution in [1.82, 2.24) is 9.97 Å². The summed E-state index contributed by atoms with van der Waals surface area (Å²) >= 11 is 6.94. The minimum atomic E-state index is -0.947. The normalized spacial score (nSPS) is 10.8. The SMILES string of the molecule is O=C(O)c1ccc(-c2nc(-c3ccc(Br)cc3)c(-c3ccc(Br)cc3)[nH]2)cc1. The van der Waals surface area contributed by atoms with Crippen molar-refractivity contribution in [3.05, 3.63) is 87.3 Å². The molecular formula is C22H14Br2N2O2. The number of carboxylic acids is 1. The number of aromatic carboxylic acids is 1. The van der Waals surface area contributed by atoms with E-state index >= 15 is 0 Å². The molecule has 0 unspecified atom stereocenters. The van der Waals surface area contributed by atoms with Gasteiger partial charge in [-0.05, 0) is 36.4 Å². The maximum absolute atomic E-state index is 11.1. The molecule has 0 saturated heterocycles. The Morgan fingerprint density at radius 3 is 1.79 bits per heavy atom. The van der Waals surface area contributed by atoms with Crippen molar-refractivity contribution < 1.29 is 9.90 Å². The van der Waals surface area contributed by atoms with Crippen LogP contribution in [0.1, 0.15) is 10.4 Å². The molecule has 0 bridgehead atoms. The zero-order chi connectivity index (χ0) is 19.7. The Bertz CT molecular complexity index is 1070. The number of imidazole rings is 1. The van der Waals surface area contributed by atoms with E-state index in [1.165, 1.54) is 0 Å². The summed E-state index contributed by atoms with van der Waals surface area (Å²) in [5.41, 5.74) is 4.83. The monoisotopic (exact) mass is 496 g/mol. The van der Waals surface area contributed by atoms with Crippen LogP contribution >= 0.6 is 31.9 Å². The predicted molar refractivity (Wildman–Crippen MR) is 117 cm³/mol. The Morgan fingerprint density at radius 2 is 1.25 bits per heavy atom. The van der Waals surface area contributed by atoms with Crippen molar-refractivity contribution in [3.63, 3.8) is 0 Å². The van der Waals surface area contributed by atoms with Crippen LogP contribution in [0.5, 0.6) is 0 Å². The third-order valence-corrected chi connectivity index (χ3v) is 5.42. The van der Waals surface area contributed by atoms with Crippen LogP contribution in [0.2, 0.25) is 0 Å². The fraction of sp³-hybridized carbons (Fsp3) is 0. The van der Waals surface area contributed by atoms with Crippen LogP contribution in [0.25, 0.3) is 33.9 Å². The Hall–Kier alpha value is -2.70. The molecule has 0 amide bonds. The quantitative estimate of drug-likeness (QED) is 0.332. The highest BCUT2D eigenvalue weighted by molar-refractivity contribution is 9.10. The predicted octanol–water partition coefficient (Wildman–Crippen LogP) is 6.63. The number of hydrogen-bond acceptors (Lipinski definition) is 2. The molecule has 0 aliphatic heterocycles. The van der Waals surface area contributed by atoms with E-state index < -0.39 is 5.97 Å². The molecule has 0 radical (unpaired) electrons. The molecule has 138 valence electrons. The first kappa shape index (κ1) is 18.7. The smallest absolute Gasteiger partial charge is 0.335 e. The van der Waals surface area contributed by atoms with Gasteiger partial charge in [-0.25, -0.2) is 9.78 Å². The van der Waals surface area contributed by atoms with Crippen LogP contribution in [-0.4, -0.2) is 21.0 Å². The van der Waals surface area contributed by atoms with Crippen molar-refractivity contribution in [1.29, 1.82) is 0 Å². The van der Waals surface area contributed by atoms with Gasteiger partial charge in [-0.3, -0.25) is 0 Å². The molecule has 0 aliphatic carbocycles. The molecule has 3 aromatic carbocycles. The third kappa shape index (κ3) is 3.79. The molecule has 4 aromatic rings. The van der Waals surface area contributed by atoms with Crippen LogP contribution < -0.4 is 0 Å². The van der Waals surface area contributed by atoms with E-state index in [0.29, 0.717) is 5.82 Å². The van der Waals surface area contributed by atoms with Gasteiger partial charge in [-0.15, -0.1) is 0 Å². The first-order chi connectivity index (χ1) is 13.5. The Morgan fingerprint density at radius 1 is 0.750 bits per heavy atom. The molecule has 4 nitrogen and oxygen atoms in total. The molecule has 0 fully saturated rings. The average molecular weight is 498 g/mol. The summed E-state index contributed by atoms with van der Waals surface area (Å²) in [5.74, 6) is -0.259. The number of aromatic amines is 1. The highest BCUT2D eigenvalue weighted by Crippen LogP contribution is 2.34. The minimum absolute atomic E-state index is 0.247. The zero-order valence-corrected chi connectivity index (χ0v) is 17.7. The number of halogens is 2. The van der Waals surface area contributed by atoms with Crippen molar-refractivity contribution in [2.24, 2.45) is 0 Å². The molecule has 28 heavy (non-hydrogen) atoms. The second-order valence-electron chi connectivity index (χ2n) is 6.21. The van der Waals surface area contributed by atoms with Gasteiger partial charge in [0.15, 0.2) is 0 Å². The van der Waals surface area contributed by atoms with Gasteiger partial charge in [-0.1, -0.05) is 68.3 Å². The highest BCUT2D eigenvalue weighted by atomic mass is 79.9. The second kappa shape index (κ2) is 7.73. The van der Waals surface area contributed by atoms with Crippen LogP contribution in [0.4, 0.5) is 0 Å². The average Bonchev–Trinajstić information content (AvgIpc) is 3.14. The minimum Gasteiger partial charge on any atom is -0.478 e. The molecule has 6 heteroatoms. The summed E-state index contributed by atoms with van der Waals surface area (Å²) in [6, 6.07) is 22.7. The van der Waals surface area contributed by atoms with Gasteiger partial charge in [0.05, 0.1) is 17.0 Å². The van der Waals surface area contributed by atoms with Crippen LogP contribution in [0.15, 0.2) is 81.7 Å². The number of rotatable bonds is 4. The summed E-state index contributed by atoms with van der Waals surface area (Å²) in [6.07, 6.45) is 0. The molecule has 4 rings (SSSR count). The maximum Gasteiger partial charge on any atom is 0.335 e. The van der Waals surface area contributed by atoms with E-state index in [1.54, 1.807) is 24.3 Å². The lowest BCUT2D eigenvalue weighted by Gasteiger charge is -2.04. The lowest BCUT2D eigenvalue weighted by molar-refractivity contribution is 0.0697. The van der Waals surface area contributed by atoms with Gasteiger partial charge in [0.1, 0.15) is 5.82 Å². The van der Waals surface area contributed by atoms with E-state index in [9.17, 15) is 4.79 Å². The molecule has 0 aliphatic rings. The molecule has 1 aromatic heterocycles. The van der Waals surface area contributed by atoms with Gasteiger partial charge >= 0.3 is 5.97 Å². The first-order valence-corrected chi connectivity index (χ1v) is 10.1. The fourth-order valence-electron chi connectivity index (χ4n) is 2.92. The largest absolute Gasteiger partial charge is 0.478 e.